The second-order valence-corrected chi connectivity index (χ2v) is 17.7. The maximum atomic E-state index is 6.44. The van der Waals surface area contributed by atoms with Gasteiger partial charge in [-0.3, -0.25) is 0 Å². The van der Waals surface area contributed by atoms with Gasteiger partial charge in [0, 0.05) is 33.1 Å². The Morgan fingerprint density at radius 3 is 1.17 bits per heavy atom. The lowest BCUT2D eigenvalue weighted by atomic mass is 10.0. The molecule has 2 aliphatic heterocycles. The molecule has 0 bridgehead atoms. The van der Waals surface area contributed by atoms with Gasteiger partial charge in [-0.25, -0.2) is 0 Å². The van der Waals surface area contributed by atoms with Gasteiger partial charge in [0.1, 0.15) is 11.5 Å². The smallest absolute Gasteiger partial charge is 0.134 e. The molecule has 0 aliphatic carbocycles. The molecule has 2 nitrogen and oxygen atoms in total. The van der Waals surface area contributed by atoms with Gasteiger partial charge in [0.15, 0.2) is 0 Å². The van der Waals surface area contributed by atoms with Crippen LogP contribution >= 0.6 is 70.6 Å². The molecule has 228 valence electrons. The lowest BCUT2D eigenvalue weighted by Gasteiger charge is -2.13. The molecule has 6 aromatic carbocycles. The average Bonchev–Trinajstić information content (AvgIpc) is 3.78. The van der Waals surface area contributed by atoms with Gasteiger partial charge in [0.25, 0.3) is 0 Å². The zero-order valence-corrected chi connectivity index (χ0v) is 29.5. The van der Waals surface area contributed by atoms with Gasteiger partial charge < -0.3 is 9.47 Å². The van der Waals surface area contributed by atoms with Crippen LogP contribution in [-0.2, 0) is 0 Å². The first-order chi connectivity index (χ1) is 22.8. The summed E-state index contributed by atoms with van der Waals surface area (Å²) in [7, 11) is 0. The van der Waals surface area contributed by atoms with Gasteiger partial charge in [-0.15, -0.1) is 23.5 Å². The zero-order valence-electron chi connectivity index (χ0n) is 24.6. The molecule has 0 unspecified atom stereocenters. The highest BCUT2D eigenvalue weighted by Crippen LogP contribution is 2.58. The molecule has 2 aliphatic rings. The summed E-state index contributed by atoms with van der Waals surface area (Å²) in [5.41, 5.74) is 0. The van der Waals surface area contributed by atoms with Crippen molar-refractivity contribution in [3.8, 4) is 11.5 Å². The van der Waals surface area contributed by atoms with Crippen molar-refractivity contribution in [1.82, 2.24) is 0 Å². The van der Waals surface area contributed by atoms with Crippen LogP contribution in [-0.4, -0.2) is 24.7 Å². The first-order valence-corrected chi connectivity index (χ1v) is 20.3. The van der Waals surface area contributed by atoms with Crippen LogP contribution in [0, 0.1) is 0 Å². The molecule has 0 spiro atoms. The molecule has 0 saturated carbocycles. The van der Waals surface area contributed by atoms with Crippen LogP contribution < -0.4 is 9.47 Å². The van der Waals surface area contributed by atoms with E-state index < -0.39 is 0 Å². The highest BCUT2D eigenvalue weighted by Gasteiger charge is 2.22. The Labute approximate surface area is 294 Å². The van der Waals surface area contributed by atoms with Gasteiger partial charge in [-0.1, -0.05) is 144 Å². The summed E-state index contributed by atoms with van der Waals surface area (Å²) >= 11 is 11.2. The van der Waals surface area contributed by atoms with E-state index in [1.807, 2.05) is 70.6 Å². The van der Waals surface area contributed by atoms with Gasteiger partial charge in [0.05, 0.1) is 30.2 Å². The molecule has 46 heavy (non-hydrogen) atoms. The van der Waals surface area contributed by atoms with Crippen molar-refractivity contribution in [2.24, 2.45) is 0 Å². The second-order valence-electron chi connectivity index (χ2n) is 10.6. The number of hydrogen-bond acceptors (Lipinski definition) is 8. The SMILES string of the molecule is C1=C(SCCOc2c3ccccc3cc3ccccc23)S/C(=C2/SC=C(SCCOc3c4ccccc4cc4ccccc34)S2)S1. The molecule has 6 aromatic rings. The third-order valence-corrected chi connectivity index (χ3v) is 15.6. The summed E-state index contributed by atoms with van der Waals surface area (Å²) in [4.78, 5) is 0. The maximum Gasteiger partial charge on any atom is 0.134 e. The normalized spacial score (nSPS) is 16.4. The van der Waals surface area contributed by atoms with Crippen molar-refractivity contribution in [3.05, 3.63) is 137 Å². The van der Waals surface area contributed by atoms with E-state index in [4.69, 9.17) is 9.47 Å². The lowest BCUT2D eigenvalue weighted by Crippen LogP contribution is -2.01. The van der Waals surface area contributed by atoms with E-state index in [0.717, 1.165) is 23.0 Å². The van der Waals surface area contributed by atoms with Gasteiger partial charge in [-0.05, 0) is 44.5 Å². The summed E-state index contributed by atoms with van der Waals surface area (Å²) in [6.45, 7) is 1.33. The number of thioether (sulfide) groups is 6. The predicted molar refractivity (Wildman–Crippen MR) is 212 cm³/mol. The van der Waals surface area contributed by atoms with Crippen LogP contribution in [0.25, 0.3) is 43.1 Å². The average molecular weight is 709 g/mol. The molecule has 8 heteroatoms. The van der Waals surface area contributed by atoms with E-state index >= 15 is 0 Å². The quantitative estimate of drug-likeness (QED) is 0.102. The van der Waals surface area contributed by atoms with Gasteiger partial charge >= 0.3 is 0 Å². The van der Waals surface area contributed by atoms with E-state index in [-0.39, 0.29) is 0 Å². The number of ether oxygens (including phenoxy) is 2. The standard InChI is InChI=1S/C38H28O2S6/c1-5-13-29-25(9-1)21-26-10-2-6-14-30(26)35(29)39-17-19-41-33-23-43-37(45-33)38-44-24-34(46-38)42-20-18-40-36-31-15-7-3-11-27(31)22-28-12-4-8-16-32(28)36/h1-16,21-24H,17-20H2/b38-37-. The zero-order chi connectivity index (χ0) is 30.7. The molecule has 0 N–H and O–H groups in total. The van der Waals surface area contributed by atoms with Crippen LogP contribution in [0.15, 0.2) is 137 Å². The van der Waals surface area contributed by atoms with Crippen molar-refractivity contribution in [2.75, 3.05) is 24.7 Å². The Morgan fingerprint density at radius 1 is 0.457 bits per heavy atom. The minimum atomic E-state index is 0.666. The summed E-state index contributed by atoms with van der Waals surface area (Å²) in [6, 6.07) is 38.5. The highest BCUT2D eigenvalue weighted by atomic mass is 32.2. The maximum absolute atomic E-state index is 6.44. The number of hydrogen-bond donors (Lipinski definition) is 0. The Balaban J connectivity index is 0.824. The summed E-state index contributed by atoms with van der Waals surface area (Å²) in [5.74, 6) is 3.80. The fraction of sp³-hybridized carbons (Fsp3) is 0.105. The Bertz CT molecular complexity index is 1920. The fourth-order valence-electron chi connectivity index (χ4n) is 5.62. The third-order valence-electron chi connectivity index (χ3n) is 7.67. The number of rotatable bonds is 10. The minimum absolute atomic E-state index is 0.666. The van der Waals surface area contributed by atoms with Crippen LogP contribution in [0.5, 0.6) is 11.5 Å². The Hall–Kier alpha value is -2.72. The molecule has 8 rings (SSSR count). The number of benzene rings is 6. The first-order valence-electron chi connectivity index (χ1n) is 15.0. The summed E-state index contributed by atoms with van der Waals surface area (Å²) in [6.07, 6.45) is 0. The van der Waals surface area contributed by atoms with Gasteiger partial charge in [-0.2, -0.15) is 0 Å². The fourth-order valence-corrected chi connectivity index (χ4v) is 13.1. The van der Waals surface area contributed by atoms with Gasteiger partial charge in [0.2, 0.25) is 0 Å². The second kappa shape index (κ2) is 14.2. The lowest BCUT2D eigenvalue weighted by molar-refractivity contribution is 0.352. The van der Waals surface area contributed by atoms with Crippen molar-refractivity contribution in [1.29, 1.82) is 0 Å². The van der Waals surface area contributed by atoms with Crippen molar-refractivity contribution < 1.29 is 9.47 Å². The monoisotopic (exact) mass is 708 g/mol. The molecular weight excluding hydrogens is 681 g/mol. The van der Waals surface area contributed by atoms with E-state index in [9.17, 15) is 0 Å². The van der Waals surface area contributed by atoms with Crippen molar-refractivity contribution in [2.45, 2.75) is 0 Å². The number of fused-ring (bicyclic) bond motifs is 4. The topological polar surface area (TPSA) is 18.5 Å². The Morgan fingerprint density at radius 2 is 0.804 bits per heavy atom. The predicted octanol–water partition coefficient (Wildman–Crippen LogP) is 12.9. The summed E-state index contributed by atoms with van der Waals surface area (Å²) in [5, 5.41) is 14.1. The first kappa shape index (κ1) is 30.6. The van der Waals surface area contributed by atoms with E-state index in [1.54, 1.807) is 0 Å². The van der Waals surface area contributed by atoms with Crippen LogP contribution in [0.3, 0.4) is 0 Å². The molecule has 0 radical (unpaired) electrons. The van der Waals surface area contributed by atoms with Crippen LogP contribution in [0.2, 0.25) is 0 Å². The molecule has 0 fully saturated rings. The molecule has 0 aromatic heterocycles. The largest absolute Gasteiger partial charge is 0.491 e. The Kier molecular flexibility index (Phi) is 9.43. The molecule has 0 saturated heterocycles. The highest BCUT2D eigenvalue weighted by molar-refractivity contribution is 8.40. The molecule has 0 amide bonds. The summed E-state index contributed by atoms with van der Waals surface area (Å²) < 4.78 is 18.3. The van der Waals surface area contributed by atoms with Crippen LogP contribution in [0.4, 0.5) is 0 Å². The van der Waals surface area contributed by atoms with Crippen LogP contribution in [0.1, 0.15) is 0 Å². The molecule has 0 atom stereocenters. The minimum Gasteiger partial charge on any atom is -0.491 e. The van der Waals surface area contributed by atoms with Crippen molar-refractivity contribution >= 4 is 114 Å². The van der Waals surface area contributed by atoms with E-state index in [2.05, 4.69) is 120 Å². The third kappa shape index (κ3) is 6.53. The van der Waals surface area contributed by atoms with Crippen molar-refractivity contribution in [3.63, 3.8) is 0 Å². The molecular formula is C38H28O2S6. The van der Waals surface area contributed by atoms with E-state index in [0.29, 0.717) is 13.2 Å². The van der Waals surface area contributed by atoms with E-state index in [1.165, 1.54) is 60.0 Å². The molecule has 2 heterocycles.